The average Bonchev–Trinajstić information content (AvgIpc) is 2.20. The maximum Gasteiger partial charge on any atom is 0.408 e. The summed E-state index contributed by atoms with van der Waals surface area (Å²) in [6.45, 7) is 5.81. The molecule has 20 heavy (non-hydrogen) atoms. The molecule has 0 saturated carbocycles. The highest BCUT2D eigenvalue weighted by Gasteiger charge is 2.43. The zero-order chi connectivity index (χ0) is 16.1. The van der Waals surface area contributed by atoms with Crippen molar-refractivity contribution in [3.05, 3.63) is 0 Å². The number of rotatable bonds is 6. The number of carbonyl (C=O) groups excluding carboxylic acids is 1. The molecule has 5 nitrogen and oxygen atoms in total. The first-order chi connectivity index (χ1) is 8.85. The Labute approximate surface area is 115 Å². The van der Waals surface area contributed by atoms with E-state index in [2.05, 4.69) is 5.32 Å². The molecule has 0 saturated heterocycles. The molecule has 0 fully saturated rings. The van der Waals surface area contributed by atoms with E-state index in [0.717, 1.165) is 0 Å². The first-order valence-corrected chi connectivity index (χ1v) is 6.22. The summed E-state index contributed by atoms with van der Waals surface area (Å²) in [5.74, 6) is -1.83. The van der Waals surface area contributed by atoms with E-state index in [9.17, 15) is 22.8 Å². The molecule has 0 aliphatic carbocycles. The molecule has 0 aliphatic rings. The lowest BCUT2D eigenvalue weighted by Crippen LogP contribution is -2.56. The molecule has 0 aliphatic heterocycles. The number of carboxylic acids is 1. The van der Waals surface area contributed by atoms with Crippen molar-refractivity contribution < 1.29 is 27.9 Å². The maximum absolute atomic E-state index is 12.7. The second-order valence-corrected chi connectivity index (χ2v) is 5.64. The van der Waals surface area contributed by atoms with Gasteiger partial charge in [0.25, 0.3) is 0 Å². The summed E-state index contributed by atoms with van der Waals surface area (Å²) < 4.78 is 38.1. The Morgan fingerprint density at radius 1 is 1.20 bits per heavy atom. The summed E-state index contributed by atoms with van der Waals surface area (Å²) in [5.41, 5.74) is -0.907. The van der Waals surface area contributed by atoms with Crippen molar-refractivity contribution in [1.29, 1.82) is 0 Å². The van der Waals surface area contributed by atoms with Gasteiger partial charge in [-0.3, -0.25) is 4.79 Å². The van der Waals surface area contributed by atoms with Gasteiger partial charge in [-0.2, -0.15) is 13.2 Å². The third-order valence-corrected chi connectivity index (χ3v) is 2.72. The Kier molecular flexibility index (Phi) is 6.31. The molecule has 0 aromatic heterocycles. The summed E-state index contributed by atoms with van der Waals surface area (Å²) in [4.78, 5) is 22.0. The molecule has 0 bridgehead atoms. The molecule has 1 atom stereocenters. The molecule has 0 heterocycles. The lowest BCUT2D eigenvalue weighted by molar-refractivity contribution is -0.162. The van der Waals surface area contributed by atoms with E-state index in [-0.39, 0.29) is 12.8 Å². The van der Waals surface area contributed by atoms with Gasteiger partial charge in [-0.25, -0.2) is 4.79 Å². The van der Waals surface area contributed by atoms with Crippen LogP contribution in [0.5, 0.6) is 0 Å². The van der Waals surface area contributed by atoms with E-state index in [1.54, 1.807) is 13.8 Å². The highest BCUT2D eigenvalue weighted by molar-refractivity contribution is 5.75. The molecule has 0 aromatic carbocycles. The van der Waals surface area contributed by atoms with Crippen molar-refractivity contribution in [2.45, 2.75) is 58.3 Å². The van der Waals surface area contributed by atoms with Crippen molar-refractivity contribution in [2.24, 2.45) is 5.92 Å². The van der Waals surface area contributed by atoms with Crippen LogP contribution in [0.1, 0.15) is 40.5 Å². The molecule has 2 amide bonds. The minimum atomic E-state index is -4.53. The average molecular weight is 298 g/mol. The van der Waals surface area contributed by atoms with Gasteiger partial charge < -0.3 is 15.7 Å². The molecule has 0 unspecified atom stereocenters. The van der Waals surface area contributed by atoms with Crippen LogP contribution in [0.4, 0.5) is 18.0 Å². The van der Waals surface area contributed by atoms with Crippen molar-refractivity contribution in [3.63, 3.8) is 0 Å². The zero-order valence-electron chi connectivity index (χ0n) is 12.0. The first-order valence-electron chi connectivity index (χ1n) is 6.22. The van der Waals surface area contributed by atoms with Crippen LogP contribution in [0.3, 0.4) is 0 Å². The number of nitrogens with one attached hydrogen (secondary N) is 2. The number of hydrogen-bond acceptors (Lipinski definition) is 2. The number of carbonyl (C=O) groups is 2. The Bertz CT molecular complexity index is 354. The fourth-order valence-corrected chi connectivity index (χ4v) is 1.59. The third-order valence-electron chi connectivity index (χ3n) is 2.72. The summed E-state index contributed by atoms with van der Waals surface area (Å²) in [5, 5.41) is 12.8. The standard InChI is InChI=1S/C12H21F3N2O3/c1-7(2)9(12(13,14)15)16-10(20)17-11(3,4)6-5-8(18)19/h7,9H,5-6H2,1-4H3,(H,18,19)(H2,16,17,20)/t9-/m0/s1. The number of carboxylic acid groups (broad SMARTS) is 1. The second kappa shape index (κ2) is 6.81. The predicted molar refractivity (Wildman–Crippen MR) is 67.3 cm³/mol. The normalized spacial score (nSPS) is 14.0. The number of hydrogen-bond donors (Lipinski definition) is 3. The zero-order valence-corrected chi connectivity index (χ0v) is 12.0. The van der Waals surface area contributed by atoms with Crippen LogP contribution in [-0.2, 0) is 4.79 Å². The molecular weight excluding hydrogens is 277 g/mol. The Balaban J connectivity index is 4.57. The van der Waals surface area contributed by atoms with Crippen molar-refractivity contribution >= 4 is 12.0 Å². The van der Waals surface area contributed by atoms with E-state index < -0.39 is 35.7 Å². The SMILES string of the molecule is CC(C)[C@H](NC(=O)NC(C)(C)CCC(=O)O)C(F)(F)F. The lowest BCUT2D eigenvalue weighted by Gasteiger charge is -2.29. The summed E-state index contributed by atoms with van der Waals surface area (Å²) in [6.07, 6.45) is -4.59. The Morgan fingerprint density at radius 3 is 2.05 bits per heavy atom. The number of amides is 2. The van der Waals surface area contributed by atoms with Crippen molar-refractivity contribution in [3.8, 4) is 0 Å². The molecular formula is C12H21F3N2O3. The van der Waals surface area contributed by atoms with E-state index in [1.165, 1.54) is 13.8 Å². The number of urea groups is 1. The molecule has 3 N–H and O–H groups in total. The molecule has 0 radical (unpaired) electrons. The van der Waals surface area contributed by atoms with Crippen LogP contribution in [0.15, 0.2) is 0 Å². The quantitative estimate of drug-likeness (QED) is 0.705. The fraction of sp³-hybridized carbons (Fsp3) is 0.833. The maximum atomic E-state index is 12.7. The van der Waals surface area contributed by atoms with E-state index in [1.807, 2.05) is 5.32 Å². The van der Waals surface area contributed by atoms with E-state index in [4.69, 9.17) is 5.11 Å². The molecule has 118 valence electrons. The van der Waals surface area contributed by atoms with Crippen LogP contribution < -0.4 is 10.6 Å². The molecule has 0 aromatic rings. The topological polar surface area (TPSA) is 78.4 Å². The Hall–Kier alpha value is -1.47. The highest BCUT2D eigenvalue weighted by Crippen LogP contribution is 2.25. The molecule has 0 rings (SSSR count). The van der Waals surface area contributed by atoms with Crippen LogP contribution in [-0.4, -0.2) is 34.9 Å². The van der Waals surface area contributed by atoms with Gasteiger partial charge in [0.1, 0.15) is 6.04 Å². The smallest absolute Gasteiger partial charge is 0.408 e. The van der Waals surface area contributed by atoms with Crippen LogP contribution in [0.2, 0.25) is 0 Å². The van der Waals surface area contributed by atoms with Gasteiger partial charge in [-0.15, -0.1) is 0 Å². The van der Waals surface area contributed by atoms with E-state index in [0.29, 0.717) is 0 Å². The number of alkyl halides is 3. The minimum absolute atomic E-state index is 0.119. The van der Waals surface area contributed by atoms with E-state index >= 15 is 0 Å². The van der Waals surface area contributed by atoms with Gasteiger partial charge in [-0.05, 0) is 26.2 Å². The number of halogens is 3. The van der Waals surface area contributed by atoms with Gasteiger partial charge in [0, 0.05) is 12.0 Å². The first kappa shape index (κ1) is 18.5. The van der Waals surface area contributed by atoms with Gasteiger partial charge in [0.05, 0.1) is 0 Å². The third kappa shape index (κ3) is 7.20. The van der Waals surface area contributed by atoms with Gasteiger partial charge in [-0.1, -0.05) is 13.8 Å². The number of aliphatic carboxylic acids is 1. The van der Waals surface area contributed by atoms with Gasteiger partial charge >= 0.3 is 18.2 Å². The highest BCUT2D eigenvalue weighted by atomic mass is 19.4. The Morgan fingerprint density at radius 2 is 1.70 bits per heavy atom. The van der Waals surface area contributed by atoms with Crippen molar-refractivity contribution in [1.82, 2.24) is 10.6 Å². The largest absolute Gasteiger partial charge is 0.481 e. The molecule has 0 spiro atoms. The fourth-order valence-electron chi connectivity index (χ4n) is 1.59. The van der Waals surface area contributed by atoms with Crippen LogP contribution in [0, 0.1) is 5.92 Å². The van der Waals surface area contributed by atoms with Crippen LogP contribution >= 0.6 is 0 Å². The summed E-state index contributed by atoms with van der Waals surface area (Å²) in [6, 6.07) is -2.91. The van der Waals surface area contributed by atoms with Gasteiger partial charge in [0.15, 0.2) is 0 Å². The second-order valence-electron chi connectivity index (χ2n) is 5.64. The predicted octanol–water partition coefficient (Wildman–Crippen LogP) is 2.52. The summed E-state index contributed by atoms with van der Waals surface area (Å²) >= 11 is 0. The molecule has 8 heteroatoms. The van der Waals surface area contributed by atoms with Crippen LogP contribution in [0.25, 0.3) is 0 Å². The monoisotopic (exact) mass is 298 g/mol. The van der Waals surface area contributed by atoms with Crippen molar-refractivity contribution in [2.75, 3.05) is 0 Å². The van der Waals surface area contributed by atoms with Gasteiger partial charge in [0.2, 0.25) is 0 Å². The summed E-state index contributed by atoms with van der Waals surface area (Å²) in [7, 11) is 0. The minimum Gasteiger partial charge on any atom is -0.481 e. The lowest BCUT2D eigenvalue weighted by atomic mass is 9.98.